The van der Waals surface area contributed by atoms with E-state index >= 15 is 4.39 Å². The minimum absolute atomic E-state index is 0.0234. The van der Waals surface area contributed by atoms with Crippen LogP contribution in [0.3, 0.4) is 0 Å². The molecule has 0 aliphatic carbocycles. The second-order valence-corrected chi connectivity index (χ2v) is 13.0. The number of likely N-dealkylation sites (tertiary alicyclic amines) is 1. The van der Waals surface area contributed by atoms with Gasteiger partial charge in [-0.15, -0.1) is 0 Å². The molecule has 1 saturated heterocycles. The van der Waals surface area contributed by atoms with Crippen LogP contribution in [0.4, 0.5) is 4.39 Å². The Morgan fingerprint density at radius 3 is 2.30 bits per heavy atom. The predicted molar refractivity (Wildman–Crippen MR) is 170 cm³/mol. The third-order valence-corrected chi connectivity index (χ3v) is 8.40. The van der Waals surface area contributed by atoms with Crippen LogP contribution in [0.1, 0.15) is 79.2 Å². The average Bonchev–Trinajstić information content (AvgIpc) is 2.92. The van der Waals surface area contributed by atoms with Crippen molar-refractivity contribution >= 4 is 11.9 Å². The van der Waals surface area contributed by atoms with Gasteiger partial charge in [-0.1, -0.05) is 39.0 Å². The van der Waals surface area contributed by atoms with Crippen LogP contribution in [0, 0.1) is 45.3 Å². The number of carboxylic acids is 1. The van der Waals surface area contributed by atoms with E-state index in [0.717, 1.165) is 41.9 Å². The largest absolute Gasteiger partial charge is 0.481 e. The Kier molecular flexibility index (Phi) is 10.4. The molecule has 2 aromatic carbocycles. The van der Waals surface area contributed by atoms with Crippen molar-refractivity contribution < 1.29 is 19.1 Å². The molecule has 2 N–H and O–H groups in total. The number of aromatic nitrogens is 2. The molecule has 1 aliphatic heterocycles. The summed E-state index contributed by atoms with van der Waals surface area (Å²) in [6.07, 6.45) is 0.415. The first kappa shape index (κ1) is 33.1. The summed E-state index contributed by atoms with van der Waals surface area (Å²) >= 11 is 0. The summed E-state index contributed by atoms with van der Waals surface area (Å²) in [4.78, 5) is 41.7. The van der Waals surface area contributed by atoms with Gasteiger partial charge in [-0.25, -0.2) is 9.07 Å². The number of benzene rings is 2. The molecule has 8 nitrogen and oxygen atoms in total. The maximum absolute atomic E-state index is 15.7. The van der Waals surface area contributed by atoms with Crippen molar-refractivity contribution in [3.05, 3.63) is 86.1 Å². The molecule has 9 heteroatoms. The van der Waals surface area contributed by atoms with Crippen molar-refractivity contribution in [2.24, 2.45) is 11.8 Å². The first-order valence-corrected chi connectivity index (χ1v) is 15.5. The summed E-state index contributed by atoms with van der Waals surface area (Å²) in [6, 6.07) is 8.89. The Morgan fingerprint density at radius 2 is 1.70 bits per heavy atom. The molecule has 0 bridgehead atoms. The van der Waals surface area contributed by atoms with E-state index in [2.05, 4.69) is 22.2 Å². The van der Waals surface area contributed by atoms with Crippen molar-refractivity contribution in [3.63, 3.8) is 0 Å². The third kappa shape index (κ3) is 7.62. The van der Waals surface area contributed by atoms with Crippen LogP contribution >= 0.6 is 0 Å². The van der Waals surface area contributed by atoms with E-state index in [1.54, 1.807) is 32.0 Å². The van der Waals surface area contributed by atoms with Crippen molar-refractivity contribution in [3.8, 4) is 11.1 Å². The summed E-state index contributed by atoms with van der Waals surface area (Å²) in [5, 5.41) is 17.3. The second-order valence-electron chi connectivity index (χ2n) is 13.0. The SMILES string of the molecule is Cc1cc(-c2c(C)cccc2C)cc([C@H](CC(=O)O)NC(=O)[C@H](CC(C)C)n2nc(CCN3CC(C)C3)cc(C)c2=O)c1F. The number of halogens is 1. The summed E-state index contributed by atoms with van der Waals surface area (Å²) in [6.45, 7) is 16.3. The number of amides is 1. The van der Waals surface area contributed by atoms with E-state index in [1.807, 2.05) is 45.9 Å². The van der Waals surface area contributed by atoms with Gasteiger partial charge in [0.05, 0.1) is 18.2 Å². The number of carboxylic acid groups (broad SMARTS) is 1. The van der Waals surface area contributed by atoms with Gasteiger partial charge < -0.3 is 15.3 Å². The molecule has 0 radical (unpaired) electrons. The standard InChI is InChI=1S/C35H45FN4O4/c1-20(2)13-30(40-35(44)25(7)15-27(38-40)11-12-39-18-21(3)19-39)34(43)37-29(17-31(41)42)28-16-26(14-24(6)33(28)36)32-22(4)9-8-10-23(32)5/h8-10,14-16,20-21,29-30H,11-13,17-19H2,1-7H3,(H,37,43)(H,41,42)/t29-,30-/m0/s1. The number of hydrogen-bond donors (Lipinski definition) is 2. The minimum atomic E-state index is -1.18. The van der Waals surface area contributed by atoms with E-state index in [-0.39, 0.29) is 17.0 Å². The Balaban J connectivity index is 1.71. The molecule has 1 amide bonds. The number of nitrogens with one attached hydrogen (secondary N) is 1. The van der Waals surface area contributed by atoms with Gasteiger partial charge in [-0.2, -0.15) is 5.10 Å². The smallest absolute Gasteiger partial charge is 0.305 e. The molecule has 2 heterocycles. The summed E-state index contributed by atoms with van der Waals surface area (Å²) in [7, 11) is 0. The number of rotatable bonds is 12. The van der Waals surface area contributed by atoms with E-state index in [0.29, 0.717) is 35.6 Å². The number of nitrogens with zero attached hydrogens (tertiary/aromatic N) is 3. The molecule has 2 atom stereocenters. The lowest BCUT2D eigenvalue weighted by Gasteiger charge is -2.37. The number of aryl methyl sites for hydroxylation is 4. The van der Waals surface area contributed by atoms with E-state index in [1.165, 1.54) is 4.68 Å². The van der Waals surface area contributed by atoms with Gasteiger partial charge in [-0.3, -0.25) is 14.4 Å². The topological polar surface area (TPSA) is 105 Å². The van der Waals surface area contributed by atoms with Crippen LogP contribution in [0.25, 0.3) is 11.1 Å². The monoisotopic (exact) mass is 604 g/mol. The maximum Gasteiger partial charge on any atom is 0.305 e. The van der Waals surface area contributed by atoms with Crippen LogP contribution in [0.2, 0.25) is 0 Å². The summed E-state index contributed by atoms with van der Waals surface area (Å²) in [5.74, 6) is -1.62. The summed E-state index contributed by atoms with van der Waals surface area (Å²) < 4.78 is 17.0. The van der Waals surface area contributed by atoms with Crippen molar-refractivity contribution in [2.45, 2.75) is 79.8 Å². The van der Waals surface area contributed by atoms with Gasteiger partial charge in [0.2, 0.25) is 5.91 Å². The normalized spacial score (nSPS) is 15.2. The van der Waals surface area contributed by atoms with E-state index in [9.17, 15) is 19.5 Å². The van der Waals surface area contributed by atoms with Crippen molar-refractivity contribution in [1.82, 2.24) is 20.0 Å². The molecule has 0 unspecified atom stereocenters. The first-order chi connectivity index (χ1) is 20.7. The molecule has 4 rings (SSSR count). The van der Waals surface area contributed by atoms with Crippen molar-refractivity contribution in [2.75, 3.05) is 19.6 Å². The van der Waals surface area contributed by atoms with Gasteiger partial charge in [0.15, 0.2) is 0 Å². The highest BCUT2D eigenvalue weighted by atomic mass is 19.1. The highest BCUT2D eigenvalue weighted by Crippen LogP contribution is 2.33. The molecule has 0 saturated carbocycles. The average molecular weight is 605 g/mol. The predicted octanol–water partition coefficient (Wildman–Crippen LogP) is 5.70. The van der Waals surface area contributed by atoms with Crippen LogP contribution in [-0.4, -0.2) is 51.3 Å². The van der Waals surface area contributed by atoms with Crippen LogP contribution in [-0.2, 0) is 16.0 Å². The lowest BCUT2D eigenvalue weighted by Crippen LogP contribution is -2.46. The zero-order valence-corrected chi connectivity index (χ0v) is 26.9. The fourth-order valence-corrected chi connectivity index (χ4v) is 6.23. The molecule has 44 heavy (non-hydrogen) atoms. The third-order valence-electron chi connectivity index (χ3n) is 8.40. The lowest BCUT2D eigenvalue weighted by atomic mass is 9.90. The minimum Gasteiger partial charge on any atom is -0.481 e. The Bertz CT molecular complexity index is 1570. The number of hydrogen-bond acceptors (Lipinski definition) is 5. The van der Waals surface area contributed by atoms with E-state index < -0.39 is 36.2 Å². The fourth-order valence-electron chi connectivity index (χ4n) is 6.23. The van der Waals surface area contributed by atoms with Gasteiger partial charge in [-0.05, 0) is 92.0 Å². The molecule has 1 aromatic heterocycles. The maximum atomic E-state index is 15.7. The zero-order valence-electron chi connectivity index (χ0n) is 26.9. The second kappa shape index (κ2) is 13.8. The highest BCUT2D eigenvalue weighted by molar-refractivity contribution is 5.82. The molecule has 1 fully saturated rings. The van der Waals surface area contributed by atoms with Gasteiger partial charge in [0.25, 0.3) is 5.56 Å². The molecular formula is C35H45FN4O4. The molecule has 0 spiro atoms. The quantitative estimate of drug-likeness (QED) is 0.275. The number of carbonyl (C=O) groups excluding carboxylic acids is 1. The van der Waals surface area contributed by atoms with Crippen LogP contribution in [0.15, 0.2) is 41.2 Å². The number of carbonyl (C=O) groups is 2. The summed E-state index contributed by atoms with van der Waals surface area (Å²) in [5.41, 5.74) is 4.95. The van der Waals surface area contributed by atoms with Crippen molar-refractivity contribution in [1.29, 1.82) is 0 Å². The van der Waals surface area contributed by atoms with Crippen LogP contribution in [0.5, 0.6) is 0 Å². The number of aliphatic carboxylic acids is 1. The molecule has 3 aromatic rings. The first-order valence-electron chi connectivity index (χ1n) is 15.5. The van der Waals surface area contributed by atoms with Crippen LogP contribution < -0.4 is 10.9 Å². The fraction of sp³-hybridized carbons (Fsp3) is 0.486. The van der Waals surface area contributed by atoms with Gasteiger partial charge >= 0.3 is 5.97 Å². The van der Waals surface area contributed by atoms with Gasteiger partial charge in [0, 0.05) is 37.2 Å². The Morgan fingerprint density at radius 1 is 1.05 bits per heavy atom. The van der Waals surface area contributed by atoms with Gasteiger partial charge in [0.1, 0.15) is 11.9 Å². The molecule has 1 aliphatic rings. The Hall–Kier alpha value is -3.85. The molecule has 236 valence electrons. The lowest BCUT2D eigenvalue weighted by molar-refractivity contribution is -0.138. The Labute approximate surface area is 259 Å². The van der Waals surface area contributed by atoms with E-state index in [4.69, 9.17) is 0 Å². The molecular weight excluding hydrogens is 559 g/mol. The zero-order chi connectivity index (χ0) is 32.3. The highest BCUT2D eigenvalue weighted by Gasteiger charge is 2.30.